The summed E-state index contributed by atoms with van der Waals surface area (Å²) in [5.74, 6) is 0. The lowest BCUT2D eigenvalue weighted by Gasteiger charge is -2.16. The molecule has 2 nitrogen and oxygen atoms in total. The van der Waals surface area contributed by atoms with Gasteiger partial charge in [-0.25, -0.2) is 4.99 Å². The summed E-state index contributed by atoms with van der Waals surface area (Å²) in [6, 6.07) is 11.3. The smallest absolute Gasteiger partial charge is 0.216 e. The predicted molar refractivity (Wildman–Crippen MR) is 108 cm³/mol. The topological polar surface area (TPSA) is 15.6 Å². The summed E-state index contributed by atoms with van der Waals surface area (Å²) in [5, 5.41) is 0.718. The van der Waals surface area contributed by atoms with Gasteiger partial charge >= 0.3 is 0 Å². The van der Waals surface area contributed by atoms with Gasteiger partial charge in [0.1, 0.15) is 6.34 Å². The number of nitrogens with zero attached hydrogens (tertiary/aromatic N) is 2. The Kier molecular flexibility index (Phi) is 6.74. The fourth-order valence-electron chi connectivity index (χ4n) is 2.15. The highest BCUT2D eigenvalue weighted by molar-refractivity contribution is 7.97. The molecule has 0 unspecified atom stereocenters. The Morgan fingerprint density at radius 2 is 1.58 bits per heavy atom. The van der Waals surface area contributed by atoms with E-state index in [4.69, 9.17) is 46.4 Å². The maximum Gasteiger partial charge on any atom is 0.216 e. The van der Waals surface area contributed by atoms with E-state index in [2.05, 4.69) is 4.99 Å². The zero-order valence-electron chi connectivity index (χ0n) is 13.4. The fourth-order valence-corrected chi connectivity index (χ4v) is 3.29. The van der Waals surface area contributed by atoms with Crippen LogP contribution in [0.3, 0.4) is 0 Å². The average molecular weight is 422 g/mol. The number of halogens is 4. The number of aryl methyl sites for hydroxylation is 2. The quantitative estimate of drug-likeness (QED) is 0.226. The molecular formula is C17H16Cl4N2S. The maximum absolute atomic E-state index is 5.96. The molecule has 2 aromatic rings. The monoisotopic (exact) mass is 420 g/mol. The minimum atomic E-state index is -1.43. The van der Waals surface area contributed by atoms with Crippen LogP contribution in [0.25, 0.3) is 0 Å². The first-order valence-corrected chi connectivity index (χ1v) is 9.34. The first-order valence-electron chi connectivity index (χ1n) is 7.06. The first kappa shape index (κ1) is 19.7. The molecule has 0 amide bonds. The molecule has 128 valence electrons. The summed E-state index contributed by atoms with van der Waals surface area (Å²) >= 11 is 25.3. The van der Waals surface area contributed by atoms with Crippen molar-refractivity contribution >= 4 is 70.4 Å². The molecule has 0 aromatic heterocycles. The Labute approximate surface area is 166 Å². The highest BCUT2D eigenvalue weighted by Crippen LogP contribution is 2.40. The van der Waals surface area contributed by atoms with Crippen LogP contribution in [0.15, 0.2) is 46.3 Å². The molecule has 24 heavy (non-hydrogen) atoms. The predicted octanol–water partition coefficient (Wildman–Crippen LogP) is 7.08. The van der Waals surface area contributed by atoms with Crippen molar-refractivity contribution in [3.8, 4) is 0 Å². The second-order valence-electron chi connectivity index (χ2n) is 5.29. The van der Waals surface area contributed by atoms with Crippen molar-refractivity contribution in [2.75, 3.05) is 7.05 Å². The van der Waals surface area contributed by atoms with E-state index in [1.165, 1.54) is 0 Å². The van der Waals surface area contributed by atoms with Crippen molar-refractivity contribution in [2.45, 2.75) is 22.5 Å². The molecule has 0 aliphatic heterocycles. The van der Waals surface area contributed by atoms with Crippen molar-refractivity contribution in [1.82, 2.24) is 4.31 Å². The molecule has 7 heteroatoms. The standard InChI is InChI=1S/C17H16Cl4N2S/c1-11-8-13(17(19,20)21)9-12(2)16(11)22-10-23(3)24-15-6-4-14(18)5-7-15/h4-10H,1-3H3. The molecule has 0 saturated heterocycles. The second kappa shape index (κ2) is 8.20. The van der Waals surface area contributed by atoms with E-state index >= 15 is 0 Å². The van der Waals surface area contributed by atoms with Crippen molar-refractivity contribution in [3.05, 3.63) is 58.1 Å². The van der Waals surface area contributed by atoms with Gasteiger partial charge in [-0.1, -0.05) is 46.4 Å². The first-order chi connectivity index (χ1) is 11.2. The van der Waals surface area contributed by atoms with E-state index < -0.39 is 3.79 Å². The Morgan fingerprint density at radius 3 is 2.08 bits per heavy atom. The Bertz CT molecular complexity index is 716. The Balaban J connectivity index is 2.15. The van der Waals surface area contributed by atoms with Gasteiger partial charge in [-0.2, -0.15) is 0 Å². The van der Waals surface area contributed by atoms with Crippen LogP contribution in [0.1, 0.15) is 16.7 Å². The largest absolute Gasteiger partial charge is 0.306 e. The molecule has 0 fully saturated rings. The molecule has 0 saturated carbocycles. The van der Waals surface area contributed by atoms with Crippen LogP contribution in [0.2, 0.25) is 5.02 Å². The number of rotatable bonds is 4. The number of aliphatic imine (C=N–C) groups is 1. The lowest BCUT2D eigenvalue weighted by atomic mass is 10.1. The van der Waals surface area contributed by atoms with Crippen molar-refractivity contribution < 1.29 is 0 Å². The molecule has 0 heterocycles. The third kappa shape index (κ3) is 5.47. The molecule has 0 bridgehead atoms. The second-order valence-corrected chi connectivity index (χ2v) is 9.24. The Morgan fingerprint density at radius 1 is 1.04 bits per heavy atom. The van der Waals surface area contributed by atoms with Gasteiger partial charge in [0, 0.05) is 22.5 Å². The van der Waals surface area contributed by atoms with Gasteiger partial charge in [0.15, 0.2) is 0 Å². The van der Waals surface area contributed by atoms with E-state index in [0.29, 0.717) is 5.56 Å². The van der Waals surface area contributed by atoms with Gasteiger partial charge in [-0.3, -0.25) is 0 Å². The van der Waals surface area contributed by atoms with Gasteiger partial charge in [0.25, 0.3) is 0 Å². The number of hydrogen-bond acceptors (Lipinski definition) is 2. The zero-order valence-corrected chi connectivity index (χ0v) is 17.2. The summed E-state index contributed by atoms with van der Waals surface area (Å²) in [6.45, 7) is 3.90. The van der Waals surface area contributed by atoms with Crippen molar-refractivity contribution in [3.63, 3.8) is 0 Å². The molecule has 0 spiro atoms. The summed E-state index contributed by atoms with van der Waals surface area (Å²) < 4.78 is 0.490. The van der Waals surface area contributed by atoms with Gasteiger partial charge < -0.3 is 4.31 Å². The minimum Gasteiger partial charge on any atom is -0.306 e. The molecule has 0 radical (unpaired) electrons. The van der Waals surface area contributed by atoms with Crippen molar-refractivity contribution in [2.24, 2.45) is 4.99 Å². The highest BCUT2D eigenvalue weighted by Gasteiger charge is 2.24. The normalized spacial score (nSPS) is 12.0. The van der Waals surface area contributed by atoms with Crippen LogP contribution >= 0.6 is 58.4 Å². The van der Waals surface area contributed by atoms with E-state index in [9.17, 15) is 0 Å². The summed E-state index contributed by atoms with van der Waals surface area (Å²) in [7, 11) is 1.93. The van der Waals surface area contributed by atoms with Gasteiger partial charge in [0.05, 0.1) is 5.69 Å². The van der Waals surface area contributed by atoms with E-state index in [1.54, 1.807) is 18.3 Å². The molecular weight excluding hydrogens is 406 g/mol. The van der Waals surface area contributed by atoms with Gasteiger partial charge in [-0.15, -0.1) is 0 Å². The van der Waals surface area contributed by atoms with Gasteiger partial charge in [-0.05, 0) is 73.3 Å². The van der Waals surface area contributed by atoms with E-state index in [1.807, 2.05) is 61.6 Å². The van der Waals surface area contributed by atoms with Crippen LogP contribution < -0.4 is 0 Å². The number of hydrogen-bond donors (Lipinski definition) is 0. The van der Waals surface area contributed by atoms with Crippen LogP contribution in [0.4, 0.5) is 5.69 Å². The van der Waals surface area contributed by atoms with E-state index in [-0.39, 0.29) is 0 Å². The third-order valence-corrected chi connectivity index (χ3v) is 5.00. The van der Waals surface area contributed by atoms with Crippen molar-refractivity contribution in [1.29, 1.82) is 0 Å². The molecule has 0 aliphatic rings. The van der Waals surface area contributed by atoms with Crippen LogP contribution in [0, 0.1) is 13.8 Å². The Hall–Kier alpha value is -0.580. The maximum atomic E-state index is 5.96. The van der Waals surface area contributed by atoms with Crippen LogP contribution in [0.5, 0.6) is 0 Å². The molecule has 0 N–H and O–H groups in total. The van der Waals surface area contributed by atoms with Crippen LogP contribution in [-0.4, -0.2) is 17.7 Å². The van der Waals surface area contributed by atoms with Crippen LogP contribution in [-0.2, 0) is 3.79 Å². The molecule has 2 aromatic carbocycles. The molecule has 0 atom stereocenters. The lowest BCUT2D eigenvalue weighted by molar-refractivity contribution is 0.869. The average Bonchev–Trinajstić information content (AvgIpc) is 2.47. The summed E-state index contributed by atoms with van der Waals surface area (Å²) in [6.07, 6.45) is 1.77. The zero-order chi connectivity index (χ0) is 17.9. The fraction of sp³-hybridized carbons (Fsp3) is 0.235. The summed E-state index contributed by atoms with van der Waals surface area (Å²) in [5.41, 5.74) is 3.43. The SMILES string of the molecule is Cc1cc(C(Cl)(Cl)Cl)cc(C)c1N=CN(C)Sc1ccc(Cl)cc1. The highest BCUT2D eigenvalue weighted by atomic mass is 35.6. The third-order valence-electron chi connectivity index (χ3n) is 3.23. The summed E-state index contributed by atoms with van der Waals surface area (Å²) in [4.78, 5) is 5.64. The minimum absolute atomic E-state index is 0.644. The number of benzene rings is 2. The van der Waals surface area contributed by atoms with E-state index in [0.717, 1.165) is 26.7 Å². The molecule has 0 aliphatic carbocycles. The van der Waals surface area contributed by atoms with Gasteiger partial charge in [0.2, 0.25) is 3.79 Å². The molecule has 2 rings (SSSR count). The lowest BCUT2D eigenvalue weighted by Crippen LogP contribution is -2.05. The number of alkyl halides is 3.